The summed E-state index contributed by atoms with van der Waals surface area (Å²) >= 11 is 1.41. The Morgan fingerprint density at radius 1 is 1.19 bits per heavy atom. The van der Waals surface area contributed by atoms with Crippen molar-refractivity contribution in [3.05, 3.63) is 75.5 Å². The summed E-state index contributed by atoms with van der Waals surface area (Å²) in [5, 5.41) is 10.4. The summed E-state index contributed by atoms with van der Waals surface area (Å²) in [6.45, 7) is 0. The van der Waals surface area contributed by atoms with Crippen LogP contribution in [0.1, 0.15) is 22.8 Å². The van der Waals surface area contributed by atoms with Crippen molar-refractivity contribution in [3.8, 4) is 16.2 Å². The fourth-order valence-corrected chi connectivity index (χ4v) is 4.87. The molecule has 1 aliphatic rings. The molecule has 6 heteroatoms. The number of likely N-dealkylation sites (tertiary alicyclic amines) is 1. The van der Waals surface area contributed by atoms with Crippen LogP contribution in [0.2, 0.25) is 0 Å². The molecule has 0 radical (unpaired) electrons. The van der Waals surface area contributed by atoms with E-state index >= 15 is 0 Å². The van der Waals surface area contributed by atoms with Crippen molar-refractivity contribution in [2.45, 2.75) is 24.8 Å². The van der Waals surface area contributed by atoms with Crippen molar-refractivity contribution in [1.29, 1.82) is 0 Å². The van der Waals surface area contributed by atoms with Crippen LogP contribution in [0.4, 0.5) is 0 Å². The largest absolute Gasteiger partial charge is 0.507 e. The molecule has 4 rings (SSSR count). The van der Waals surface area contributed by atoms with Crippen molar-refractivity contribution in [2.24, 2.45) is 0 Å². The van der Waals surface area contributed by atoms with Crippen LogP contribution < -0.4 is 5.56 Å². The fraction of sp³-hybridized carbons (Fsp3) is 0.238. The molecule has 0 unspecified atom stereocenters. The van der Waals surface area contributed by atoms with Crippen LogP contribution in [0.15, 0.2) is 59.5 Å². The van der Waals surface area contributed by atoms with E-state index in [4.69, 9.17) is 0 Å². The summed E-state index contributed by atoms with van der Waals surface area (Å²) in [6, 6.07) is 15.2. The van der Waals surface area contributed by atoms with Crippen molar-refractivity contribution in [2.75, 3.05) is 7.05 Å². The van der Waals surface area contributed by atoms with Crippen LogP contribution in [0.3, 0.4) is 0 Å². The number of H-pyrrole nitrogens is 1. The molecule has 0 spiro atoms. The van der Waals surface area contributed by atoms with Crippen LogP contribution in [-0.2, 0) is 11.2 Å². The maximum atomic E-state index is 12.3. The van der Waals surface area contributed by atoms with E-state index in [0.29, 0.717) is 18.4 Å². The molecule has 1 fully saturated rings. The zero-order chi connectivity index (χ0) is 19.0. The molecule has 2 atom stereocenters. The molecule has 0 saturated carbocycles. The van der Waals surface area contributed by atoms with Crippen LogP contribution in [0, 0.1) is 0 Å². The number of hydrogen-bond donors (Lipinski definition) is 2. The van der Waals surface area contributed by atoms with Gasteiger partial charge in [0.05, 0.1) is 5.56 Å². The maximum Gasteiger partial charge on any atom is 0.256 e. The van der Waals surface area contributed by atoms with E-state index in [9.17, 15) is 14.7 Å². The zero-order valence-electron chi connectivity index (χ0n) is 14.9. The molecule has 0 bridgehead atoms. The van der Waals surface area contributed by atoms with Crippen molar-refractivity contribution < 1.29 is 9.90 Å². The Balaban J connectivity index is 1.65. The second-order valence-electron chi connectivity index (χ2n) is 6.83. The number of nitrogens with zero attached hydrogens (tertiary/aromatic N) is 1. The molecule has 2 N–H and O–H groups in total. The lowest BCUT2D eigenvalue weighted by atomic mass is 9.89. The van der Waals surface area contributed by atoms with Crippen molar-refractivity contribution >= 4 is 17.2 Å². The normalized spacial score (nSPS) is 19.6. The number of hydrogen-bond acceptors (Lipinski definition) is 4. The first kappa shape index (κ1) is 17.5. The van der Waals surface area contributed by atoms with Gasteiger partial charge in [-0.15, -0.1) is 11.3 Å². The van der Waals surface area contributed by atoms with E-state index in [1.165, 1.54) is 11.3 Å². The number of aromatic nitrogens is 1. The van der Waals surface area contributed by atoms with Crippen LogP contribution in [0.25, 0.3) is 10.4 Å². The summed E-state index contributed by atoms with van der Waals surface area (Å²) in [5.74, 6) is 0.385. The number of nitrogens with one attached hydrogen (secondary N) is 1. The van der Waals surface area contributed by atoms with Crippen LogP contribution in [-0.4, -0.2) is 34.0 Å². The molecule has 0 aliphatic carbocycles. The van der Waals surface area contributed by atoms with Crippen molar-refractivity contribution in [3.63, 3.8) is 0 Å². The highest BCUT2D eigenvalue weighted by Gasteiger charge is 2.38. The van der Waals surface area contributed by atoms with Gasteiger partial charge in [0.25, 0.3) is 5.56 Å². The fourth-order valence-electron chi connectivity index (χ4n) is 3.75. The van der Waals surface area contributed by atoms with Gasteiger partial charge in [0.2, 0.25) is 5.91 Å². The minimum absolute atomic E-state index is 0.0219. The Morgan fingerprint density at radius 2 is 1.96 bits per heavy atom. The van der Waals surface area contributed by atoms with Gasteiger partial charge in [-0.3, -0.25) is 9.59 Å². The summed E-state index contributed by atoms with van der Waals surface area (Å²) in [5.41, 5.74) is 1.50. The lowest BCUT2D eigenvalue weighted by molar-refractivity contribution is -0.127. The second-order valence-corrected chi connectivity index (χ2v) is 7.97. The first-order valence-corrected chi connectivity index (χ1v) is 9.66. The van der Waals surface area contributed by atoms with E-state index in [1.54, 1.807) is 29.3 Å². The molecule has 1 aromatic carbocycles. The summed E-state index contributed by atoms with van der Waals surface area (Å²) in [7, 11) is 1.82. The third-order valence-electron chi connectivity index (χ3n) is 5.24. The Bertz CT molecular complexity index is 1030. The number of carbonyl (C=O) groups is 1. The first-order chi connectivity index (χ1) is 13.0. The third-order valence-corrected chi connectivity index (χ3v) is 6.42. The number of carbonyl (C=O) groups excluding carboxylic acids is 1. The van der Waals surface area contributed by atoms with E-state index < -0.39 is 0 Å². The number of thiophene rings is 1. The van der Waals surface area contributed by atoms with Gasteiger partial charge >= 0.3 is 0 Å². The standard InChI is InChI=1S/C21H20N2O3S/c1-23-16(15(10-20(23)25)13-6-3-2-4-7-13)11-19-17(24)12-18(27-19)14-8-5-9-22-21(14)26/h2-9,12,15-16,24H,10-11H2,1H3,(H,22,26)/t15-,16-/m1/s1. The van der Waals surface area contributed by atoms with Gasteiger partial charge < -0.3 is 15.0 Å². The van der Waals surface area contributed by atoms with Crippen molar-refractivity contribution in [1.82, 2.24) is 9.88 Å². The highest BCUT2D eigenvalue weighted by molar-refractivity contribution is 7.15. The summed E-state index contributed by atoms with van der Waals surface area (Å²) in [6.07, 6.45) is 2.62. The number of benzene rings is 1. The minimum Gasteiger partial charge on any atom is -0.507 e. The topological polar surface area (TPSA) is 73.4 Å². The average molecular weight is 380 g/mol. The highest BCUT2D eigenvalue weighted by Crippen LogP contribution is 2.40. The lowest BCUT2D eigenvalue weighted by Crippen LogP contribution is -2.32. The Labute approximate surface area is 160 Å². The number of amides is 1. The molecule has 3 heterocycles. The highest BCUT2D eigenvalue weighted by atomic mass is 32.1. The van der Waals surface area contributed by atoms with Crippen LogP contribution >= 0.6 is 11.3 Å². The predicted octanol–water partition coefficient (Wildman–Crippen LogP) is 3.37. The Kier molecular flexibility index (Phi) is 4.58. The zero-order valence-corrected chi connectivity index (χ0v) is 15.7. The molecular formula is C21H20N2O3S. The van der Waals surface area contributed by atoms with E-state index in [0.717, 1.165) is 15.3 Å². The molecule has 1 saturated heterocycles. The van der Waals surface area contributed by atoms with Gasteiger partial charge in [0.15, 0.2) is 0 Å². The molecule has 3 aromatic rings. The molecule has 138 valence electrons. The first-order valence-electron chi connectivity index (χ1n) is 8.85. The Hall–Kier alpha value is -2.86. The smallest absolute Gasteiger partial charge is 0.256 e. The van der Waals surface area contributed by atoms with Gasteiger partial charge in [-0.05, 0) is 23.8 Å². The SMILES string of the molecule is CN1C(=O)C[C@H](c2ccccc2)[C@H]1Cc1sc(-c2ccc[nH]c2=O)cc1O. The second kappa shape index (κ2) is 7.04. The molecular weight excluding hydrogens is 360 g/mol. The number of aromatic amines is 1. The average Bonchev–Trinajstić information content (AvgIpc) is 3.17. The summed E-state index contributed by atoms with van der Waals surface area (Å²) in [4.78, 5) is 30.3. The monoisotopic (exact) mass is 380 g/mol. The third kappa shape index (κ3) is 3.28. The number of rotatable bonds is 4. The van der Waals surface area contributed by atoms with E-state index in [1.807, 2.05) is 37.4 Å². The number of aromatic hydroxyl groups is 1. The Morgan fingerprint density at radius 3 is 2.70 bits per heavy atom. The molecule has 2 aromatic heterocycles. The van der Waals surface area contributed by atoms with E-state index in [-0.39, 0.29) is 29.2 Å². The minimum atomic E-state index is -0.180. The van der Waals surface area contributed by atoms with Gasteiger partial charge in [-0.25, -0.2) is 0 Å². The molecule has 27 heavy (non-hydrogen) atoms. The van der Waals surface area contributed by atoms with Gasteiger partial charge in [0.1, 0.15) is 5.75 Å². The van der Waals surface area contributed by atoms with Gasteiger partial charge in [0, 0.05) is 47.8 Å². The van der Waals surface area contributed by atoms with Gasteiger partial charge in [-0.1, -0.05) is 30.3 Å². The number of pyridine rings is 1. The molecule has 1 amide bonds. The molecule has 1 aliphatic heterocycles. The lowest BCUT2D eigenvalue weighted by Gasteiger charge is -2.25. The number of likely N-dealkylation sites (N-methyl/N-ethyl adjacent to an activating group) is 1. The van der Waals surface area contributed by atoms with E-state index in [2.05, 4.69) is 4.98 Å². The van der Waals surface area contributed by atoms with Crippen LogP contribution in [0.5, 0.6) is 5.75 Å². The van der Waals surface area contributed by atoms with Gasteiger partial charge in [-0.2, -0.15) is 0 Å². The molecule has 5 nitrogen and oxygen atoms in total. The maximum absolute atomic E-state index is 12.3. The summed E-state index contributed by atoms with van der Waals surface area (Å²) < 4.78 is 0. The predicted molar refractivity (Wildman–Crippen MR) is 106 cm³/mol. The quantitative estimate of drug-likeness (QED) is 0.729.